The van der Waals surface area contributed by atoms with Gasteiger partial charge < -0.3 is 9.73 Å². The van der Waals surface area contributed by atoms with Gasteiger partial charge in [0.05, 0.1) is 11.3 Å². The molecule has 0 spiro atoms. The van der Waals surface area contributed by atoms with Crippen molar-refractivity contribution in [3.8, 4) is 0 Å². The third-order valence-electron chi connectivity index (χ3n) is 2.19. The first-order valence-electron chi connectivity index (χ1n) is 4.68. The lowest BCUT2D eigenvalue weighted by Gasteiger charge is -1.99. The molecular weight excluding hydrogens is 198 g/mol. The lowest BCUT2D eigenvalue weighted by molar-refractivity contribution is 0.604. The van der Waals surface area contributed by atoms with Crippen LogP contribution in [0.5, 0.6) is 0 Å². The zero-order valence-corrected chi connectivity index (χ0v) is 8.77. The zero-order chi connectivity index (χ0) is 9.97. The molecule has 2 rings (SSSR count). The van der Waals surface area contributed by atoms with Crippen LogP contribution in [-0.2, 0) is 6.54 Å². The average Bonchev–Trinajstić information content (AvgIpc) is 2.59. The SMILES string of the molecule is CCNCc1coc2cccc(Cl)c12. The Morgan fingerprint density at radius 1 is 1.43 bits per heavy atom. The molecule has 14 heavy (non-hydrogen) atoms. The number of halogens is 1. The molecule has 0 bridgehead atoms. The van der Waals surface area contributed by atoms with Crippen molar-refractivity contribution >= 4 is 22.6 Å². The van der Waals surface area contributed by atoms with E-state index in [9.17, 15) is 0 Å². The summed E-state index contributed by atoms with van der Waals surface area (Å²) in [6.45, 7) is 3.81. The van der Waals surface area contributed by atoms with Gasteiger partial charge in [-0.25, -0.2) is 0 Å². The van der Waals surface area contributed by atoms with E-state index >= 15 is 0 Å². The summed E-state index contributed by atoms with van der Waals surface area (Å²) in [6, 6.07) is 5.71. The smallest absolute Gasteiger partial charge is 0.135 e. The molecule has 1 heterocycles. The number of fused-ring (bicyclic) bond motifs is 1. The molecule has 0 amide bonds. The van der Waals surface area contributed by atoms with Crippen LogP contribution in [0.4, 0.5) is 0 Å². The summed E-state index contributed by atoms with van der Waals surface area (Å²) in [6.07, 6.45) is 1.76. The third kappa shape index (κ3) is 1.63. The van der Waals surface area contributed by atoms with Crippen LogP contribution in [0.1, 0.15) is 12.5 Å². The van der Waals surface area contributed by atoms with Crippen LogP contribution >= 0.6 is 11.6 Å². The summed E-state index contributed by atoms with van der Waals surface area (Å²) in [5, 5.41) is 5.03. The summed E-state index contributed by atoms with van der Waals surface area (Å²) < 4.78 is 5.40. The second-order valence-corrected chi connectivity index (χ2v) is 3.56. The van der Waals surface area contributed by atoms with Crippen molar-refractivity contribution in [3.05, 3.63) is 35.0 Å². The fourth-order valence-corrected chi connectivity index (χ4v) is 1.78. The molecule has 2 nitrogen and oxygen atoms in total. The second kappa shape index (κ2) is 4.03. The molecule has 0 radical (unpaired) electrons. The van der Waals surface area contributed by atoms with E-state index in [1.165, 1.54) is 0 Å². The number of hydrogen-bond acceptors (Lipinski definition) is 2. The normalized spacial score (nSPS) is 11.0. The van der Waals surface area contributed by atoms with E-state index in [0.29, 0.717) is 0 Å². The highest BCUT2D eigenvalue weighted by Crippen LogP contribution is 2.28. The van der Waals surface area contributed by atoms with Crippen LogP contribution in [0.15, 0.2) is 28.9 Å². The standard InChI is InChI=1S/C11H12ClNO/c1-2-13-6-8-7-14-10-5-3-4-9(12)11(8)10/h3-5,7,13H,2,6H2,1H3. The number of nitrogens with one attached hydrogen (secondary N) is 1. The Kier molecular flexibility index (Phi) is 2.75. The van der Waals surface area contributed by atoms with E-state index in [4.69, 9.17) is 16.0 Å². The minimum atomic E-state index is 0.754. The maximum atomic E-state index is 6.09. The Hall–Kier alpha value is -0.990. The average molecular weight is 210 g/mol. The zero-order valence-electron chi connectivity index (χ0n) is 8.01. The quantitative estimate of drug-likeness (QED) is 0.840. The van der Waals surface area contributed by atoms with Gasteiger partial charge in [0.1, 0.15) is 5.58 Å². The lowest BCUT2D eigenvalue weighted by atomic mass is 10.2. The highest BCUT2D eigenvalue weighted by atomic mass is 35.5. The van der Waals surface area contributed by atoms with Crippen LogP contribution in [0, 0.1) is 0 Å². The highest BCUT2D eigenvalue weighted by Gasteiger charge is 2.07. The molecular formula is C11H12ClNO. The van der Waals surface area contributed by atoms with Crippen LogP contribution in [0.3, 0.4) is 0 Å². The molecule has 1 N–H and O–H groups in total. The number of benzene rings is 1. The van der Waals surface area contributed by atoms with Crippen LogP contribution in [-0.4, -0.2) is 6.54 Å². The van der Waals surface area contributed by atoms with Gasteiger partial charge in [0.2, 0.25) is 0 Å². The number of rotatable bonds is 3. The number of hydrogen-bond donors (Lipinski definition) is 1. The van der Waals surface area contributed by atoms with Gasteiger partial charge >= 0.3 is 0 Å². The molecule has 0 fully saturated rings. The van der Waals surface area contributed by atoms with Gasteiger partial charge in [0, 0.05) is 17.5 Å². The number of furan rings is 1. The van der Waals surface area contributed by atoms with Gasteiger partial charge in [-0.15, -0.1) is 0 Å². The Morgan fingerprint density at radius 3 is 3.07 bits per heavy atom. The van der Waals surface area contributed by atoms with Crippen molar-refractivity contribution in [2.75, 3.05) is 6.54 Å². The fourth-order valence-electron chi connectivity index (χ4n) is 1.50. The van der Waals surface area contributed by atoms with E-state index in [-0.39, 0.29) is 0 Å². The van der Waals surface area contributed by atoms with Crippen molar-refractivity contribution in [3.63, 3.8) is 0 Å². The fraction of sp³-hybridized carbons (Fsp3) is 0.273. The third-order valence-corrected chi connectivity index (χ3v) is 2.51. The second-order valence-electron chi connectivity index (χ2n) is 3.15. The molecule has 0 saturated carbocycles. The Bertz CT molecular complexity index is 436. The van der Waals surface area contributed by atoms with Crippen molar-refractivity contribution in [1.29, 1.82) is 0 Å². The predicted molar refractivity (Wildman–Crippen MR) is 58.6 cm³/mol. The summed E-state index contributed by atoms with van der Waals surface area (Å²) in [4.78, 5) is 0. The summed E-state index contributed by atoms with van der Waals surface area (Å²) in [5.74, 6) is 0. The van der Waals surface area contributed by atoms with Gasteiger partial charge in [0.25, 0.3) is 0 Å². The topological polar surface area (TPSA) is 25.2 Å². The van der Waals surface area contributed by atoms with Crippen LogP contribution in [0.2, 0.25) is 5.02 Å². The predicted octanol–water partition coefficient (Wildman–Crippen LogP) is 3.20. The molecule has 0 atom stereocenters. The van der Waals surface area contributed by atoms with Gasteiger partial charge in [-0.05, 0) is 18.7 Å². The van der Waals surface area contributed by atoms with Gasteiger partial charge in [-0.2, -0.15) is 0 Å². The molecule has 2 aromatic rings. The first kappa shape index (κ1) is 9.56. The first-order valence-corrected chi connectivity index (χ1v) is 5.06. The Morgan fingerprint density at radius 2 is 2.29 bits per heavy atom. The summed E-state index contributed by atoms with van der Waals surface area (Å²) in [7, 11) is 0. The molecule has 3 heteroatoms. The summed E-state index contributed by atoms with van der Waals surface area (Å²) >= 11 is 6.09. The maximum Gasteiger partial charge on any atom is 0.135 e. The summed E-state index contributed by atoms with van der Waals surface area (Å²) in [5.41, 5.74) is 1.97. The molecule has 1 aromatic carbocycles. The molecule has 0 aliphatic carbocycles. The van der Waals surface area contributed by atoms with Crippen molar-refractivity contribution in [1.82, 2.24) is 5.32 Å². The minimum absolute atomic E-state index is 0.754. The van der Waals surface area contributed by atoms with Crippen LogP contribution < -0.4 is 5.32 Å². The lowest BCUT2D eigenvalue weighted by Crippen LogP contribution is -2.11. The maximum absolute atomic E-state index is 6.09. The minimum Gasteiger partial charge on any atom is -0.464 e. The largest absolute Gasteiger partial charge is 0.464 e. The molecule has 0 saturated heterocycles. The first-order chi connectivity index (χ1) is 6.83. The van der Waals surface area contributed by atoms with E-state index < -0.39 is 0 Å². The highest BCUT2D eigenvalue weighted by molar-refractivity contribution is 6.35. The van der Waals surface area contributed by atoms with Crippen molar-refractivity contribution in [2.45, 2.75) is 13.5 Å². The van der Waals surface area contributed by atoms with Crippen LogP contribution in [0.25, 0.3) is 11.0 Å². The van der Waals surface area contributed by atoms with Gasteiger partial charge in [-0.3, -0.25) is 0 Å². The van der Waals surface area contributed by atoms with Crippen molar-refractivity contribution in [2.24, 2.45) is 0 Å². The van der Waals surface area contributed by atoms with E-state index in [0.717, 1.165) is 34.6 Å². The Balaban J connectivity index is 2.45. The molecule has 0 aliphatic heterocycles. The van der Waals surface area contributed by atoms with Gasteiger partial charge in [0.15, 0.2) is 0 Å². The van der Waals surface area contributed by atoms with E-state index in [2.05, 4.69) is 12.2 Å². The Labute approximate surface area is 87.9 Å². The molecule has 0 unspecified atom stereocenters. The molecule has 1 aromatic heterocycles. The van der Waals surface area contributed by atoms with Gasteiger partial charge in [-0.1, -0.05) is 24.6 Å². The molecule has 0 aliphatic rings. The van der Waals surface area contributed by atoms with E-state index in [1.54, 1.807) is 6.26 Å². The van der Waals surface area contributed by atoms with E-state index in [1.807, 2.05) is 18.2 Å². The molecule has 74 valence electrons. The van der Waals surface area contributed by atoms with Crippen molar-refractivity contribution < 1.29 is 4.42 Å². The monoisotopic (exact) mass is 209 g/mol.